The average molecular weight is 857 g/mol. The van der Waals surface area contributed by atoms with Gasteiger partial charge in [-0.05, 0) is 139 Å². The van der Waals surface area contributed by atoms with Crippen LogP contribution in [0.2, 0.25) is 0 Å². The van der Waals surface area contributed by atoms with Crippen molar-refractivity contribution in [1.82, 2.24) is 0 Å². The summed E-state index contributed by atoms with van der Waals surface area (Å²) in [5, 5.41) is 0. The van der Waals surface area contributed by atoms with E-state index in [0.29, 0.717) is 18.8 Å². The Bertz CT molecular complexity index is 2460. The van der Waals surface area contributed by atoms with Gasteiger partial charge >= 0.3 is 5.97 Å². The number of ether oxygens (including phenoxy) is 5. The fraction of sp³-hybridized carbons (Fsp3) is 0.362. The normalized spacial score (nSPS) is 11.4. The predicted octanol–water partition coefficient (Wildman–Crippen LogP) is 13.3. The Labute approximate surface area is 358 Å². The van der Waals surface area contributed by atoms with Gasteiger partial charge in [0.15, 0.2) is 0 Å². The SMILES string of the molecule is CCOC(=O)Cc1cc(-c2c(OC)cccc2OC(C)C)sc1-c1sc(-c2sc(-c3sc(-c4c(OC)cccc4OC(C)C)cc3CC(C)=O)c(C)c2C)c(C)c1C. The second-order valence-electron chi connectivity index (χ2n) is 14.8. The second kappa shape index (κ2) is 18.2. The van der Waals surface area contributed by atoms with Crippen LogP contribution in [-0.4, -0.2) is 44.8 Å². The first-order valence-corrected chi connectivity index (χ1v) is 22.7. The average Bonchev–Trinajstić information content (AvgIpc) is 3.91. The third-order valence-corrected chi connectivity index (χ3v) is 15.5. The maximum atomic E-state index is 13.1. The van der Waals surface area contributed by atoms with Crippen LogP contribution in [0.15, 0.2) is 48.5 Å². The Kier molecular flexibility index (Phi) is 13.6. The van der Waals surface area contributed by atoms with E-state index in [4.69, 9.17) is 23.7 Å². The Balaban J connectivity index is 1.50. The van der Waals surface area contributed by atoms with Gasteiger partial charge in [0.1, 0.15) is 28.8 Å². The molecule has 0 N–H and O–H groups in total. The predicted molar refractivity (Wildman–Crippen MR) is 243 cm³/mol. The van der Waals surface area contributed by atoms with E-state index < -0.39 is 0 Å². The number of rotatable bonds is 16. The monoisotopic (exact) mass is 856 g/mol. The summed E-state index contributed by atoms with van der Waals surface area (Å²) in [4.78, 5) is 34.6. The van der Waals surface area contributed by atoms with Crippen LogP contribution in [0.25, 0.3) is 50.1 Å². The van der Waals surface area contributed by atoms with E-state index in [9.17, 15) is 9.59 Å². The first-order chi connectivity index (χ1) is 27.7. The van der Waals surface area contributed by atoms with Gasteiger partial charge in [0.2, 0.25) is 0 Å². The van der Waals surface area contributed by atoms with Gasteiger partial charge in [-0.2, -0.15) is 0 Å². The molecule has 0 radical (unpaired) electrons. The molecule has 11 heteroatoms. The number of ketones is 1. The first-order valence-electron chi connectivity index (χ1n) is 19.5. The van der Waals surface area contributed by atoms with E-state index in [0.717, 1.165) is 68.8 Å². The number of Topliss-reactive ketones (excluding diaryl/α,β-unsaturated/α-hetero) is 1. The van der Waals surface area contributed by atoms with Crippen LogP contribution in [0, 0.1) is 27.7 Å². The largest absolute Gasteiger partial charge is 0.496 e. The highest BCUT2D eigenvalue weighted by molar-refractivity contribution is 7.30. The molecule has 6 aromatic rings. The van der Waals surface area contributed by atoms with Crippen LogP contribution in [0.5, 0.6) is 23.0 Å². The lowest BCUT2D eigenvalue weighted by atomic mass is 10.0. The molecule has 0 saturated heterocycles. The van der Waals surface area contributed by atoms with Crippen LogP contribution < -0.4 is 18.9 Å². The quantitative estimate of drug-likeness (QED) is 0.0897. The van der Waals surface area contributed by atoms with Crippen molar-refractivity contribution in [3.63, 3.8) is 0 Å². The highest BCUT2D eigenvalue weighted by atomic mass is 32.1. The van der Waals surface area contributed by atoms with E-state index >= 15 is 0 Å². The molecule has 0 atom stereocenters. The topological polar surface area (TPSA) is 80.3 Å². The highest BCUT2D eigenvalue weighted by Crippen LogP contribution is 2.54. The standard InChI is InChI=1S/C47H52O7S4/c1-13-52-39(49)23-32-22-38(41-34(51-12)17-15-19-36(41)54-25(4)5)56-47(32)45-30(10)28(8)43(58-45)42-27(7)29(9)44(57-42)46-31(20-26(6)48)21-37(55-46)40-33(50-11)16-14-18-35(40)53-24(2)3/h14-19,21-22,24-25H,13,20,23H2,1-12H3. The molecule has 0 aliphatic rings. The lowest BCUT2D eigenvalue weighted by Gasteiger charge is -2.16. The molecular weight excluding hydrogens is 805 g/mol. The molecule has 0 fully saturated rings. The van der Waals surface area contributed by atoms with Crippen molar-refractivity contribution in [1.29, 1.82) is 0 Å². The maximum Gasteiger partial charge on any atom is 0.310 e. The molecular formula is C47H52O7S4. The zero-order valence-corrected chi connectivity index (χ0v) is 38.7. The summed E-state index contributed by atoms with van der Waals surface area (Å²) in [5.74, 6) is 2.76. The number of hydrogen-bond donors (Lipinski definition) is 0. The highest BCUT2D eigenvalue weighted by Gasteiger charge is 2.28. The van der Waals surface area contributed by atoms with Gasteiger partial charge in [0, 0.05) is 45.4 Å². The van der Waals surface area contributed by atoms with Gasteiger partial charge in [-0.1, -0.05) is 12.1 Å². The van der Waals surface area contributed by atoms with Crippen molar-refractivity contribution < 1.29 is 33.3 Å². The molecule has 0 aliphatic carbocycles. The molecule has 306 valence electrons. The van der Waals surface area contributed by atoms with E-state index in [1.54, 1.807) is 66.5 Å². The molecule has 0 spiro atoms. The van der Waals surface area contributed by atoms with Gasteiger partial charge in [-0.15, -0.1) is 45.3 Å². The number of esters is 1. The van der Waals surface area contributed by atoms with Crippen molar-refractivity contribution in [2.24, 2.45) is 0 Å². The Hall–Kier alpha value is -4.42. The first kappa shape index (κ1) is 43.2. The van der Waals surface area contributed by atoms with E-state index in [1.807, 2.05) is 71.0 Å². The number of methoxy groups -OCH3 is 2. The van der Waals surface area contributed by atoms with E-state index in [2.05, 4.69) is 39.8 Å². The second-order valence-corrected chi connectivity index (χ2v) is 19.0. The summed E-state index contributed by atoms with van der Waals surface area (Å²) in [5.41, 5.74) is 8.45. The Morgan fingerprint density at radius 1 is 0.569 bits per heavy atom. The Morgan fingerprint density at radius 2 is 0.948 bits per heavy atom. The summed E-state index contributed by atoms with van der Waals surface area (Å²) >= 11 is 6.87. The van der Waals surface area contributed by atoms with Crippen molar-refractivity contribution >= 4 is 57.1 Å². The van der Waals surface area contributed by atoms with Crippen LogP contribution in [-0.2, 0) is 27.2 Å². The third-order valence-electron chi connectivity index (χ3n) is 9.85. The molecule has 6 rings (SSSR count). The molecule has 4 aromatic heterocycles. The minimum Gasteiger partial charge on any atom is -0.496 e. The van der Waals surface area contributed by atoms with Gasteiger partial charge in [0.25, 0.3) is 0 Å². The minimum atomic E-state index is -0.264. The minimum absolute atomic E-state index is 0.0198. The summed E-state index contributed by atoms with van der Waals surface area (Å²) < 4.78 is 29.7. The van der Waals surface area contributed by atoms with Crippen LogP contribution >= 0.6 is 45.3 Å². The number of hydrogen-bond acceptors (Lipinski definition) is 11. The van der Waals surface area contributed by atoms with E-state index in [1.165, 1.54) is 32.0 Å². The number of benzene rings is 2. The maximum absolute atomic E-state index is 13.1. The molecule has 2 aromatic carbocycles. The van der Waals surface area contributed by atoms with Crippen molar-refractivity contribution in [3.05, 3.63) is 81.9 Å². The van der Waals surface area contributed by atoms with Gasteiger partial charge in [-0.25, -0.2) is 0 Å². The lowest BCUT2D eigenvalue weighted by Crippen LogP contribution is -2.07. The third kappa shape index (κ3) is 8.78. The lowest BCUT2D eigenvalue weighted by molar-refractivity contribution is -0.142. The molecule has 0 amide bonds. The molecule has 58 heavy (non-hydrogen) atoms. The number of carbonyl (C=O) groups is 2. The number of carbonyl (C=O) groups excluding carboxylic acids is 2. The zero-order valence-electron chi connectivity index (χ0n) is 35.4. The summed E-state index contributed by atoms with van der Waals surface area (Å²) in [6, 6.07) is 15.9. The van der Waals surface area contributed by atoms with Crippen molar-refractivity contribution in [2.45, 2.75) is 94.3 Å². The molecule has 0 bridgehead atoms. The van der Waals surface area contributed by atoms with Crippen LogP contribution in [0.4, 0.5) is 0 Å². The zero-order chi connectivity index (χ0) is 42.0. The van der Waals surface area contributed by atoms with Crippen molar-refractivity contribution in [2.75, 3.05) is 20.8 Å². The molecule has 0 aliphatic heterocycles. The summed E-state index contributed by atoms with van der Waals surface area (Å²) in [6.45, 7) is 20.6. The number of thiophene rings is 4. The Morgan fingerprint density at radius 3 is 1.31 bits per heavy atom. The van der Waals surface area contributed by atoms with Gasteiger partial charge in [-0.3, -0.25) is 9.59 Å². The smallest absolute Gasteiger partial charge is 0.310 e. The molecule has 7 nitrogen and oxygen atoms in total. The summed E-state index contributed by atoms with van der Waals surface area (Å²) in [7, 11) is 3.34. The van der Waals surface area contributed by atoms with Gasteiger partial charge in [0.05, 0.1) is 50.6 Å². The fourth-order valence-corrected chi connectivity index (χ4v) is 12.8. The van der Waals surface area contributed by atoms with E-state index in [-0.39, 0.29) is 30.4 Å². The fourth-order valence-electron chi connectivity index (χ4n) is 7.00. The molecule has 0 unspecified atom stereocenters. The van der Waals surface area contributed by atoms with Crippen LogP contribution in [0.3, 0.4) is 0 Å². The summed E-state index contributed by atoms with van der Waals surface area (Å²) in [6.07, 6.45) is 0.425. The molecule has 4 heterocycles. The van der Waals surface area contributed by atoms with Gasteiger partial charge < -0.3 is 23.7 Å². The van der Waals surface area contributed by atoms with Crippen molar-refractivity contribution in [3.8, 4) is 73.1 Å². The molecule has 0 saturated carbocycles. The van der Waals surface area contributed by atoms with Crippen LogP contribution in [0.1, 0.15) is 74.9 Å².